The molecular formula is C18H23NO. The second-order valence-electron chi connectivity index (χ2n) is 5.50. The molecule has 0 unspecified atom stereocenters. The summed E-state index contributed by atoms with van der Waals surface area (Å²) >= 11 is 0. The maximum absolute atomic E-state index is 9.03. The first-order valence-electron chi connectivity index (χ1n) is 7.09. The molecule has 2 heteroatoms. The predicted molar refractivity (Wildman–Crippen MR) is 83.5 cm³/mol. The highest BCUT2D eigenvalue weighted by Gasteiger charge is 2.06. The van der Waals surface area contributed by atoms with Crippen LogP contribution in [0.25, 0.3) is 0 Å². The van der Waals surface area contributed by atoms with Crippen LogP contribution in [-0.2, 0) is 13.2 Å². The number of aliphatic hydroxyl groups is 1. The van der Waals surface area contributed by atoms with E-state index in [1.807, 2.05) is 12.1 Å². The average molecular weight is 269 g/mol. The first-order chi connectivity index (χ1) is 9.58. The van der Waals surface area contributed by atoms with Crippen LogP contribution in [0.3, 0.4) is 0 Å². The normalized spacial score (nSPS) is 12.4. The molecule has 0 spiro atoms. The Labute approximate surface area is 121 Å². The summed E-state index contributed by atoms with van der Waals surface area (Å²) in [6.45, 7) is 7.40. The zero-order valence-electron chi connectivity index (χ0n) is 12.5. The van der Waals surface area contributed by atoms with E-state index >= 15 is 0 Å². The minimum absolute atomic E-state index is 0.104. The smallest absolute Gasteiger partial charge is 0.0681 e. The highest BCUT2D eigenvalue weighted by molar-refractivity contribution is 5.30. The van der Waals surface area contributed by atoms with Gasteiger partial charge < -0.3 is 10.4 Å². The molecule has 0 bridgehead atoms. The molecule has 0 saturated heterocycles. The van der Waals surface area contributed by atoms with Gasteiger partial charge in [0, 0.05) is 12.6 Å². The first-order valence-corrected chi connectivity index (χ1v) is 7.09. The summed E-state index contributed by atoms with van der Waals surface area (Å²) in [6, 6.07) is 15.1. The Kier molecular flexibility index (Phi) is 4.94. The van der Waals surface area contributed by atoms with Gasteiger partial charge in [0.2, 0.25) is 0 Å². The lowest BCUT2D eigenvalue weighted by atomic mass is 10.0. The molecule has 0 saturated carbocycles. The molecule has 0 radical (unpaired) electrons. The third-order valence-electron chi connectivity index (χ3n) is 3.56. The Morgan fingerprint density at radius 3 is 2.05 bits per heavy atom. The molecule has 1 atom stereocenters. The molecule has 0 heterocycles. The third kappa shape index (κ3) is 3.92. The van der Waals surface area contributed by atoms with Crippen molar-refractivity contribution in [1.29, 1.82) is 0 Å². The Morgan fingerprint density at radius 1 is 0.950 bits per heavy atom. The Morgan fingerprint density at radius 2 is 1.50 bits per heavy atom. The van der Waals surface area contributed by atoms with E-state index < -0.39 is 0 Å². The summed E-state index contributed by atoms with van der Waals surface area (Å²) in [5.74, 6) is 0. The summed E-state index contributed by atoms with van der Waals surface area (Å²) in [6.07, 6.45) is 0. The fraction of sp³-hybridized carbons (Fsp3) is 0.333. The number of nitrogens with one attached hydrogen (secondary N) is 1. The minimum Gasteiger partial charge on any atom is -0.392 e. The van der Waals surface area contributed by atoms with Crippen molar-refractivity contribution in [3.63, 3.8) is 0 Å². The van der Waals surface area contributed by atoms with Gasteiger partial charge in [-0.2, -0.15) is 0 Å². The lowest BCUT2D eigenvalue weighted by Gasteiger charge is -2.16. The van der Waals surface area contributed by atoms with Crippen LogP contribution in [0.15, 0.2) is 42.5 Å². The Balaban J connectivity index is 1.98. The molecule has 2 rings (SSSR count). The molecule has 0 aliphatic heterocycles. The third-order valence-corrected chi connectivity index (χ3v) is 3.56. The van der Waals surface area contributed by atoms with E-state index in [4.69, 9.17) is 5.11 Å². The van der Waals surface area contributed by atoms with Gasteiger partial charge in [-0.05, 0) is 37.5 Å². The fourth-order valence-corrected chi connectivity index (χ4v) is 2.41. The maximum Gasteiger partial charge on any atom is 0.0681 e. The number of aryl methyl sites for hydroxylation is 2. The van der Waals surface area contributed by atoms with Gasteiger partial charge in [-0.1, -0.05) is 53.6 Å². The van der Waals surface area contributed by atoms with Gasteiger partial charge in [0.05, 0.1) is 6.61 Å². The number of hydrogen-bond acceptors (Lipinski definition) is 2. The predicted octanol–water partition coefficient (Wildman–Crippen LogP) is 3.65. The monoisotopic (exact) mass is 269 g/mol. The fourth-order valence-electron chi connectivity index (χ4n) is 2.41. The lowest BCUT2D eigenvalue weighted by Crippen LogP contribution is -2.18. The minimum atomic E-state index is 0.104. The number of benzene rings is 2. The molecule has 2 nitrogen and oxygen atoms in total. The molecule has 0 fully saturated rings. The van der Waals surface area contributed by atoms with Crippen molar-refractivity contribution in [2.75, 3.05) is 0 Å². The number of rotatable bonds is 5. The average Bonchev–Trinajstić information content (AvgIpc) is 2.44. The van der Waals surface area contributed by atoms with Crippen molar-refractivity contribution in [2.45, 2.75) is 40.0 Å². The van der Waals surface area contributed by atoms with Gasteiger partial charge in [-0.15, -0.1) is 0 Å². The zero-order valence-corrected chi connectivity index (χ0v) is 12.5. The maximum atomic E-state index is 9.03. The summed E-state index contributed by atoms with van der Waals surface area (Å²) in [5, 5.41) is 12.6. The molecule has 0 aliphatic carbocycles. The van der Waals surface area contributed by atoms with Crippen LogP contribution in [-0.4, -0.2) is 5.11 Å². The molecule has 0 aromatic heterocycles. The van der Waals surface area contributed by atoms with E-state index in [1.54, 1.807) is 0 Å². The molecule has 2 aromatic carbocycles. The van der Waals surface area contributed by atoms with Crippen LogP contribution in [0.5, 0.6) is 0 Å². The van der Waals surface area contributed by atoms with Crippen LogP contribution in [0, 0.1) is 13.8 Å². The van der Waals surface area contributed by atoms with E-state index in [0.717, 1.165) is 12.1 Å². The van der Waals surface area contributed by atoms with Gasteiger partial charge in [-0.25, -0.2) is 0 Å². The van der Waals surface area contributed by atoms with Gasteiger partial charge in [0.15, 0.2) is 0 Å². The van der Waals surface area contributed by atoms with Crippen molar-refractivity contribution >= 4 is 0 Å². The van der Waals surface area contributed by atoms with E-state index in [1.165, 1.54) is 22.3 Å². The van der Waals surface area contributed by atoms with Crippen molar-refractivity contribution < 1.29 is 5.11 Å². The number of aliphatic hydroxyl groups excluding tert-OH is 1. The molecule has 106 valence electrons. The van der Waals surface area contributed by atoms with Gasteiger partial charge >= 0.3 is 0 Å². The van der Waals surface area contributed by atoms with Crippen molar-refractivity contribution in [3.8, 4) is 0 Å². The van der Waals surface area contributed by atoms with Crippen molar-refractivity contribution in [1.82, 2.24) is 5.32 Å². The van der Waals surface area contributed by atoms with E-state index in [2.05, 4.69) is 56.4 Å². The Hall–Kier alpha value is -1.64. The van der Waals surface area contributed by atoms with E-state index in [-0.39, 0.29) is 6.61 Å². The SMILES string of the molecule is Cc1cc(C)cc([C@@H](C)NCc2ccc(CO)cc2)c1. The van der Waals surface area contributed by atoms with E-state index in [0.29, 0.717) is 6.04 Å². The molecule has 2 aromatic rings. The molecule has 0 amide bonds. The van der Waals surface area contributed by atoms with Crippen molar-refractivity contribution in [2.24, 2.45) is 0 Å². The van der Waals surface area contributed by atoms with Crippen LogP contribution in [0.1, 0.15) is 40.8 Å². The molecular weight excluding hydrogens is 246 g/mol. The van der Waals surface area contributed by atoms with E-state index in [9.17, 15) is 0 Å². The van der Waals surface area contributed by atoms with Crippen LogP contribution in [0.2, 0.25) is 0 Å². The van der Waals surface area contributed by atoms with Crippen molar-refractivity contribution in [3.05, 3.63) is 70.3 Å². The standard InChI is InChI=1S/C18H23NO/c1-13-8-14(2)10-18(9-13)15(3)19-11-16-4-6-17(12-20)7-5-16/h4-10,15,19-20H,11-12H2,1-3H3/t15-/m1/s1. The summed E-state index contributed by atoms with van der Waals surface area (Å²) in [4.78, 5) is 0. The molecule has 2 N–H and O–H groups in total. The quantitative estimate of drug-likeness (QED) is 0.868. The zero-order chi connectivity index (χ0) is 14.5. The Bertz CT molecular complexity index is 540. The lowest BCUT2D eigenvalue weighted by molar-refractivity contribution is 0.282. The second kappa shape index (κ2) is 6.69. The van der Waals surface area contributed by atoms with Crippen LogP contribution in [0.4, 0.5) is 0 Å². The largest absolute Gasteiger partial charge is 0.392 e. The highest BCUT2D eigenvalue weighted by atomic mass is 16.3. The van der Waals surface area contributed by atoms with Gasteiger partial charge in [0.25, 0.3) is 0 Å². The highest BCUT2D eigenvalue weighted by Crippen LogP contribution is 2.17. The summed E-state index contributed by atoms with van der Waals surface area (Å²) in [5.41, 5.74) is 6.13. The molecule has 0 aliphatic rings. The molecule has 20 heavy (non-hydrogen) atoms. The van der Waals surface area contributed by atoms with Gasteiger partial charge in [-0.3, -0.25) is 0 Å². The number of hydrogen-bond donors (Lipinski definition) is 2. The van der Waals surface area contributed by atoms with Crippen LogP contribution < -0.4 is 5.32 Å². The first kappa shape index (κ1) is 14.8. The topological polar surface area (TPSA) is 32.3 Å². The van der Waals surface area contributed by atoms with Crippen LogP contribution >= 0.6 is 0 Å². The summed E-state index contributed by atoms with van der Waals surface area (Å²) < 4.78 is 0. The summed E-state index contributed by atoms with van der Waals surface area (Å²) in [7, 11) is 0. The van der Waals surface area contributed by atoms with Gasteiger partial charge in [0.1, 0.15) is 0 Å². The second-order valence-corrected chi connectivity index (χ2v) is 5.50.